The highest BCUT2D eigenvalue weighted by Crippen LogP contribution is 2.35. The molecule has 0 saturated heterocycles. The van der Waals surface area contributed by atoms with Crippen LogP contribution in [0.2, 0.25) is 0 Å². The fourth-order valence-electron chi connectivity index (χ4n) is 3.59. The van der Waals surface area contributed by atoms with Crippen molar-refractivity contribution in [3.63, 3.8) is 0 Å². The molecule has 0 aliphatic heterocycles. The number of ether oxygens (including phenoxy) is 1. The van der Waals surface area contributed by atoms with Crippen molar-refractivity contribution in [3.05, 3.63) is 50.6 Å². The Morgan fingerprint density at radius 1 is 1.30 bits per heavy atom. The van der Waals surface area contributed by atoms with Crippen molar-refractivity contribution in [2.24, 2.45) is 0 Å². The van der Waals surface area contributed by atoms with E-state index >= 15 is 0 Å². The second-order valence-electron chi connectivity index (χ2n) is 6.85. The third-order valence-corrected chi connectivity index (χ3v) is 7.03. The van der Waals surface area contributed by atoms with Crippen molar-refractivity contribution < 1.29 is 4.74 Å². The van der Waals surface area contributed by atoms with Gasteiger partial charge in [0.05, 0.1) is 12.0 Å². The van der Waals surface area contributed by atoms with Crippen molar-refractivity contribution in [2.45, 2.75) is 51.2 Å². The van der Waals surface area contributed by atoms with Crippen LogP contribution >= 0.6 is 23.1 Å². The van der Waals surface area contributed by atoms with E-state index in [2.05, 4.69) is 6.92 Å². The predicted molar refractivity (Wildman–Crippen MR) is 114 cm³/mol. The number of thioether (sulfide) groups is 1. The molecule has 3 aromatic rings. The maximum atomic E-state index is 13.1. The van der Waals surface area contributed by atoms with Gasteiger partial charge in [-0.25, -0.2) is 4.98 Å². The Bertz CT molecular complexity index is 1020. The van der Waals surface area contributed by atoms with Crippen LogP contribution in [0.5, 0.6) is 5.75 Å². The zero-order valence-electron chi connectivity index (χ0n) is 15.8. The molecular formula is C21H24N2O2S2. The van der Waals surface area contributed by atoms with Gasteiger partial charge in [-0.1, -0.05) is 36.9 Å². The summed E-state index contributed by atoms with van der Waals surface area (Å²) in [4.78, 5) is 20.3. The molecule has 0 atom stereocenters. The van der Waals surface area contributed by atoms with E-state index in [-0.39, 0.29) is 5.56 Å². The molecule has 1 aliphatic carbocycles. The topological polar surface area (TPSA) is 44.1 Å². The number of aryl methyl sites for hydroxylation is 3. The van der Waals surface area contributed by atoms with Crippen LogP contribution in [0.15, 0.2) is 34.2 Å². The van der Waals surface area contributed by atoms with Gasteiger partial charge < -0.3 is 4.74 Å². The molecular weight excluding hydrogens is 376 g/mol. The lowest BCUT2D eigenvalue weighted by Crippen LogP contribution is -2.23. The minimum Gasteiger partial charge on any atom is -0.492 e. The molecule has 0 saturated carbocycles. The summed E-state index contributed by atoms with van der Waals surface area (Å²) in [7, 11) is 0. The van der Waals surface area contributed by atoms with Crippen LogP contribution in [0.25, 0.3) is 10.2 Å². The van der Waals surface area contributed by atoms with Gasteiger partial charge in [-0.2, -0.15) is 0 Å². The Morgan fingerprint density at radius 2 is 2.15 bits per heavy atom. The van der Waals surface area contributed by atoms with Crippen molar-refractivity contribution in [2.75, 3.05) is 12.4 Å². The van der Waals surface area contributed by atoms with Gasteiger partial charge in [0.15, 0.2) is 5.16 Å². The molecule has 0 fully saturated rings. The Hall–Kier alpha value is -1.79. The van der Waals surface area contributed by atoms with E-state index in [1.54, 1.807) is 23.1 Å². The molecule has 27 heavy (non-hydrogen) atoms. The van der Waals surface area contributed by atoms with E-state index < -0.39 is 0 Å². The molecule has 0 unspecified atom stereocenters. The van der Waals surface area contributed by atoms with E-state index in [9.17, 15) is 4.79 Å². The number of benzene rings is 1. The van der Waals surface area contributed by atoms with Crippen LogP contribution in [-0.2, 0) is 19.4 Å². The summed E-state index contributed by atoms with van der Waals surface area (Å²) >= 11 is 3.33. The molecule has 4 rings (SSSR count). The van der Waals surface area contributed by atoms with Crippen molar-refractivity contribution >= 4 is 33.3 Å². The first-order valence-electron chi connectivity index (χ1n) is 9.55. The SMILES string of the molecule is CCCn1c(SCCOc2ccccc2C)nc2sc3c(c2c1=O)CCC3. The average molecular weight is 401 g/mol. The number of nitrogens with zero attached hydrogens (tertiary/aromatic N) is 2. The van der Waals surface area contributed by atoms with Gasteiger partial charge in [0, 0.05) is 17.2 Å². The average Bonchev–Trinajstić information content (AvgIpc) is 3.23. The number of hydrogen-bond donors (Lipinski definition) is 0. The molecule has 4 nitrogen and oxygen atoms in total. The zero-order valence-corrected chi connectivity index (χ0v) is 17.4. The van der Waals surface area contributed by atoms with Crippen LogP contribution in [0, 0.1) is 6.92 Å². The van der Waals surface area contributed by atoms with E-state index in [0.717, 1.165) is 58.1 Å². The Labute approximate surface area is 167 Å². The van der Waals surface area contributed by atoms with Gasteiger partial charge in [0.25, 0.3) is 5.56 Å². The summed E-state index contributed by atoms with van der Waals surface area (Å²) in [6, 6.07) is 8.04. The molecule has 6 heteroatoms. The van der Waals surface area contributed by atoms with Crippen LogP contribution < -0.4 is 10.3 Å². The van der Waals surface area contributed by atoms with Gasteiger partial charge in [0.1, 0.15) is 10.6 Å². The van der Waals surface area contributed by atoms with Crippen molar-refractivity contribution in [1.82, 2.24) is 9.55 Å². The van der Waals surface area contributed by atoms with Gasteiger partial charge in [-0.05, 0) is 49.8 Å². The van der Waals surface area contributed by atoms with Crippen LogP contribution in [0.3, 0.4) is 0 Å². The van der Waals surface area contributed by atoms with Gasteiger partial charge in [-0.15, -0.1) is 11.3 Å². The molecule has 0 radical (unpaired) electrons. The van der Waals surface area contributed by atoms with Gasteiger partial charge >= 0.3 is 0 Å². The van der Waals surface area contributed by atoms with E-state index in [1.165, 1.54) is 10.4 Å². The quantitative estimate of drug-likeness (QED) is 0.323. The lowest BCUT2D eigenvalue weighted by atomic mass is 10.2. The lowest BCUT2D eigenvalue weighted by molar-refractivity contribution is 0.341. The highest BCUT2D eigenvalue weighted by atomic mass is 32.2. The maximum Gasteiger partial charge on any atom is 0.263 e. The first kappa shape index (κ1) is 18.6. The monoisotopic (exact) mass is 400 g/mol. The normalized spacial score (nSPS) is 13.3. The van der Waals surface area contributed by atoms with Crippen molar-refractivity contribution in [3.8, 4) is 5.75 Å². The molecule has 0 amide bonds. The molecule has 0 N–H and O–H groups in total. The second kappa shape index (κ2) is 8.07. The summed E-state index contributed by atoms with van der Waals surface area (Å²) in [5.41, 5.74) is 2.54. The summed E-state index contributed by atoms with van der Waals surface area (Å²) < 4.78 is 7.76. The third kappa shape index (κ3) is 3.65. The van der Waals surface area contributed by atoms with Gasteiger partial charge in [-0.3, -0.25) is 9.36 Å². The van der Waals surface area contributed by atoms with E-state index in [0.29, 0.717) is 13.2 Å². The number of fused-ring (bicyclic) bond motifs is 3. The molecule has 2 aromatic heterocycles. The molecule has 1 aliphatic rings. The largest absolute Gasteiger partial charge is 0.492 e. The minimum absolute atomic E-state index is 0.142. The molecule has 0 bridgehead atoms. The van der Waals surface area contributed by atoms with Crippen LogP contribution in [-0.4, -0.2) is 21.9 Å². The first-order chi connectivity index (χ1) is 13.2. The molecule has 1 aromatic carbocycles. The van der Waals surface area contributed by atoms with Crippen LogP contribution in [0.4, 0.5) is 0 Å². The van der Waals surface area contributed by atoms with Crippen LogP contribution in [0.1, 0.15) is 35.8 Å². The Kier molecular flexibility index (Phi) is 5.55. The summed E-state index contributed by atoms with van der Waals surface area (Å²) in [5.74, 6) is 1.68. The standard InChI is InChI=1S/C21H24N2O2S2/c1-3-11-23-20(24)18-15-8-6-10-17(15)27-19(18)22-21(23)26-13-12-25-16-9-5-4-7-14(16)2/h4-5,7,9H,3,6,8,10-13H2,1-2H3. The number of aromatic nitrogens is 2. The number of para-hydroxylation sites is 1. The maximum absolute atomic E-state index is 13.1. The molecule has 2 heterocycles. The molecule has 142 valence electrons. The lowest BCUT2D eigenvalue weighted by Gasteiger charge is -2.12. The summed E-state index contributed by atoms with van der Waals surface area (Å²) in [5, 5.41) is 1.70. The fourth-order valence-corrected chi connectivity index (χ4v) is 5.74. The highest BCUT2D eigenvalue weighted by molar-refractivity contribution is 7.99. The highest BCUT2D eigenvalue weighted by Gasteiger charge is 2.23. The second-order valence-corrected chi connectivity index (χ2v) is 9.00. The van der Waals surface area contributed by atoms with E-state index in [1.807, 2.05) is 35.8 Å². The fraction of sp³-hybridized carbons (Fsp3) is 0.429. The van der Waals surface area contributed by atoms with E-state index in [4.69, 9.17) is 9.72 Å². The Balaban J connectivity index is 1.55. The third-order valence-electron chi connectivity index (χ3n) is 4.90. The number of hydrogen-bond acceptors (Lipinski definition) is 5. The zero-order chi connectivity index (χ0) is 18.8. The number of thiophene rings is 1. The molecule has 0 spiro atoms. The smallest absolute Gasteiger partial charge is 0.263 e. The summed E-state index contributed by atoms with van der Waals surface area (Å²) in [6.07, 6.45) is 4.20. The first-order valence-corrected chi connectivity index (χ1v) is 11.4. The number of rotatable bonds is 7. The minimum atomic E-state index is 0.142. The van der Waals surface area contributed by atoms with Gasteiger partial charge in [0.2, 0.25) is 0 Å². The summed E-state index contributed by atoms with van der Waals surface area (Å²) in [6.45, 7) is 5.46. The Morgan fingerprint density at radius 3 is 2.96 bits per heavy atom. The predicted octanol–water partition coefficient (Wildman–Crippen LogP) is 4.84. The van der Waals surface area contributed by atoms with Crippen molar-refractivity contribution in [1.29, 1.82) is 0 Å².